The number of β-amino-alcohol motifs (C(OH)–C–C–N with tert-alkyl or cyclic N) is 1. The van der Waals surface area contributed by atoms with E-state index in [1.54, 1.807) is 33.6 Å². The predicted octanol–water partition coefficient (Wildman–Crippen LogP) is 2.68. The summed E-state index contributed by atoms with van der Waals surface area (Å²) in [6.45, 7) is 12.0. The van der Waals surface area contributed by atoms with E-state index in [4.69, 9.17) is 5.73 Å². The van der Waals surface area contributed by atoms with E-state index in [0.717, 1.165) is 41.0 Å². The van der Waals surface area contributed by atoms with E-state index in [9.17, 15) is 43.5 Å². The molecule has 0 bridgehead atoms. The Hall–Kier alpha value is -5.43. The number of amides is 8. The highest BCUT2D eigenvalue weighted by Gasteiger charge is 2.46. The molecule has 4 heterocycles. The topological polar surface area (TPSA) is 254 Å². The molecule has 0 unspecified atom stereocenters. The summed E-state index contributed by atoms with van der Waals surface area (Å²) in [6, 6.07) is 4.04. The van der Waals surface area contributed by atoms with Crippen molar-refractivity contribution in [3.8, 4) is 10.4 Å². The molecule has 368 valence electrons. The molecular weight excluding hydrogens is 879 g/mol. The number of likely N-dealkylation sites (tertiary alicyclic amines) is 1. The first-order valence-corrected chi connectivity index (χ1v) is 24.6. The molecule has 0 radical (unpaired) electrons. The Labute approximate surface area is 397 Å². The standard InChI is InChI=1S/C48H71N9O9S/c1-29-26-55(31(3)58)23-21-34-17-19-37(57(34)46(29)65)45(64)53-36(18-20-39(49)60)43(62)50-22-11-9-7-8-10-12-40(61)54-42(48(4,5)6)47(66)56-27-35(59)24-38(56)44(63)51-25-32-13-15-33(16-14-32)41-30(2)52-28-67-41/h13-16,28-29,34-38,42,59H,7-12,17-27H2,1-6H3,(H2,49,60)(H,50,62)(H,51,63)(H,53,64)(H,54,61)/t29-,34+,35+,36-,37-,38-,42+/m0/s1. The van der Waals surface area contributed by atoms with Crippen molar-refractivity contribution in [2.45, 2.75) is 161 Å². The largest absolute Gasteiger partial charge is 0.391 e. The van der Waals surface area contributed by atoms with Crippen LogP contribution in [0.15, 0.2) is 29.8 Å². The highest BCUT2D eigenvalue weighted by atomic mass is 32.1. The molecule has 2 aromatic rings. The molecule has 5 rings (SSSR count). The minimum Gasteiger partial charge on any atom is -0.391 e. The number of hydrogen-bond acceptors (Lipinski definition) is 11. The van der Waals surface area contributed by atoms with Crippen molar-refractivity contribution >= 4 is 58.6 Å². The minimum atomic E-state index is -1.02. The van der Waals surface area contributed by atoms with Crippen LogP contribution in [0.25, 0.3) is 10.4 Å². The zero-order valence-corrected chi connectivity index (χ0v) is 40.8. The van der Waals surface area contributed by atoms with Crippen LogP contribution < -0.4 is 27.0 Å². The number of benzene rings is 1. The van der Waals surface area contributed by atoms with Gasteiger partial charge in [-0.2, -0.15) is 0 Å². The Bertz CT molecular complexity index is 2090. The number of nitrogens with one attached hydrogen (secondary N) is 4. The van der Waals surface area contributed by atoms with Crippen molar-refractivity contribution in [3.63, 3.8) is 0 Å². The molecule has 3 fully saturated rings. The number of aryl methyl sites for hydroxylation is 1. The van der Waals surface area contributed by atoms with Gasteiger partial charge in [-0.15, -0.1) is 11.3 Å². The first kappa shape index (κ1) is 52.5. The van der Waals surface area contributed by atoms with Crippen LogP contribution >= 0.6 is 11.3 Å². The van der Waals surface area contributed by atoms with Crippen LogP contribution in [0.4, 0.5) is 0 Å². The Balaban J connectivity index is 1.03. The zero-order chi connectivity index (χ0) is 49.0. The fourth-order valence-corrected chi connectivity index (χ4v) is 10.0. The number of aliphatic hydroxyl groups is 1. The number of carbonyl (C=O) groups excluding carboxylic acids is 8. The van der Waals surface area contributed by atoms with E-state index in [-0.39, 0.29) is 75.0 Å². The van der Waals surface area contributed by atoms with Gasteiger partial charge < -0.3 is 46.8 Å². The highest BCUT2D eigenvalue weighted by Crippen LogP contribution is 2.32. The van der Waals surface area contributed by atoms with Gasteiger partial charge in [-0.3, -0.25) is 38.4 Å². The smallest absolute Gasteiger partial charge is 0.246 e. The van der Waals surface area contributed by atoms with Gasteiger partial charge >= 0.3 is 0 Å². The normalized spacial score (nSPS) is 21.7. The number of hydrogen-bond donors (Lipinski definition) is 6. The van der Waals surface area contributed by atoms with Crippen molar-refractivity contribution in [2.24, 2.45) is 17.1 Å². The van der Waals surface area contributed by atoms with Gasteiger partial charge in [0.25, 0.3) is 0 Å². The maximum atomic E-state index is 14.0. The van der Waals surface area contributed by atoms with Crippen LogP contribution in [0.5, 0.6) is 0 Å². The number of nitrogens with zero attached hydrogens (tertiary/aromatic N) is 4. The SMILES string of the molecule is CC(=O)N1CC[C@H]2CC[C@@H](C(=O)N[C@@H](CCC(N)=O)C(=O)NCCCCCCCC(=O)N[C@H](C(=O)N3C[C@H](O)C[C@H]3C(=O)NCc3ccc(-c4scnc4C)cc3)C(C)(C)C)N2C(=O)[C@@H](C)C1. The number of nitrogens with two attached hydrogens (primary N) is 1. The minimum absolute atomic E-state index is 0.00543. The maximum absolute atomic E-state index is 14.0. The van der Waals surface area contributed by atoms with E-state index in [1.165, 1.54) is 11.8 Å². The lowest BCUT2D eigenvalue weighted by Gasteiger charge is -2.37. The predicted molar refractivity (Wildman–Crippen MR) is 252 cm³/mol. The van der Waals surface area contributed by atoms with Gasteiger partial charge in [0.2, 0.25) is 47.3 Å². The van der Waals surface area contributed by atoms with Crippen molar-refractivity contribution in [3.05, 3.63) is 41.0 Å². The second-order valence-corrected chi connectivity index (χ2v) is 20.3. The molecule has 3 aliphatic heterocycles. The van der Waals surface area contributed by atoms with Gasteiger partial charge in [0.05, 0.1) is 28.1 Å². The Morgan fingerprint density at radius 2 is 1.60 bits per heavy atom. The summed E-state index contributed by atoms with van der Waals surface area (Å²) in [7, 11) is 0. The molecule has 8 amide bonds. The molecule has 3 saturated heterocycles. The first-order valence-electron chi connectivity index (χ1n) is 23.7. The van der Waals surface area contributed by atoms with Gasteiger partial charge in [-0.1, -0.05) is 71.2 Å². The molecule has 1 aromatic carbocycles. The molecule has 7 atom stereocenters. The lowest BCUT2D eigenvalue weighted by Crippen LogP contribution is -2.57. The molecule has 0 spiro atoms. The lowest BCUT2D eigenvalue weighted by molar-refractivity contribution is -0.147. The Morgan fingerprint density at radius 3 is 2.25 bits per heavy atom. The molecule has 0 aliphatic carbocycles. The fraction of sp³-hybridized carbons (Fsp3) is 0.646. The zero-order valence-electron chi connectivity index (χ0n) is 39.9. The fourth-order valence-electron chi connectivity index (χ4n) is 9.22. The number of carbonyl (C=O) groups is 8. The van der Waals surface area contributed by atoms with Crippen molar-refractivity contribution in [2.75, 3.05) is 26.2 Å². The summed E-state index contributed by atoms with van der Waals surface area (Å²) in [5.74, 6) is -3.40. The van der Waals surface area contributed by atoms with E-state index in [0.29, 0.717) is 45.2 Å². The number of primary amides is 1. The van der Waals surface area contributed by atoms with Gasteiger partial charge in [0.1, 0.15) is 24.2 Å². The highest BCUT2D eigenvalue weighted by molar-refractivity contribution is 7.13. The monoisotopic (exact) mass is 950 g/mol. The van der Waals surface area contributed by atoms with Crippen LogP contribution in [0, 0.1) is 18.3 Å². The van der Waals surface area contributed by atoms with Crippen molar-refractivity contribution in [1.82, 2.24) is 41.0 Å². The average molecular weight is 950 g/mol. The number of fused-ring (bicyclic) bond motifs is 1. The number of thiazole rings is 1. The summed E-state index contributed by atoms with van der Waals surface area (Å²) in [4.78, 5) is 115. The quantitative estimate of drug-likeness (QED) is 0.106. The molecule has 18 nitrogen and oxygen atoms in total. The van der Waals surface area contributed by atoms with Crippen LogP contribution in [-0.2, 0) is 44.9 Å². The number of unbranched alkanes of at least 4 members (excludes halogenated alkanes) is 4. The maximum Gasteiger partial charge on any atom is 0.246 e. The second-order valence-electron chi connectivity index (χ2n) is 19.5. The van der Waals surface area contributed by atoms with E-state index >= 15 is 0 Å². The number of aromatic nitrogens is 1. The summed E-state index contributed by atoms with van der Waals surface area (Å²) >= 11 is 1.56. The molecule has 3 aliphatic rings. The Morgan fingerprint density at radius 1 is 0.896 bits per heavy atom. The van der Waals surface area contributed by atoms with E-state index in [1.807, 2.05) is 52.0 Å². The number of aliphatic hydroxyl groups excluding tert-OH is 1. The third-order valence-corrected chi connectivity index (χ3v) is 14.0. The van der Waals surface area contributed by atoms with Crippen molar-refractivity contribution in [1.29, 1.82) is 0 Å². The van der Waals surface area contributed by atoms with Crippen LogP contribution in [-0.4, -0.2) is 135 Å². The van der Waals surface area contributed by atoms with Gasteiger partial charge in [0.15, 0.2) is 0 Å². The summed E-state index contributed by atoms with van der Waals surface area (Å²) in [6.07, 6.45) is 4.32. The van der Waals surface area contributed by atoms with Gasteiger partial charge in [-0.25, -0.2) is 4.98 Å². The average Bonchev–Trinajstić information content (AvgIpc) is 4.02. The van der Waals surface area contributed by atoms with E-state index in [2.05, 4.69) is 26.3 Å². The molecule has 7 N–H and O–H groups in total. The van der Waals surface area contributed by atoms with Gasteiger partial charge in [0, 0.05) is 65.0 Å². The van der Waals surface area contributed by atoms with E-state index < -0.39 is 65.2 Å². The third-order valence-electron chi connectivity index (χ3n) is 13.1. The molecule has 1 aromatic heterocycles. The first-order chi connectivity index (χ1) is 31.7. The van der Waals surface area contributed by atoms with Gasteiger partial charge in [-0.05, 0) is 62.0 Å². The number of rotatable bonds is 20. The van der Waals surface area contributed by atoms with Crippen LogP contribution in [0.1, 0.15) is 123 Å². The molecule has 19 heteroatoms. The summed E-state index contributed by atoms with van der Waals surface area (Å²) < 4.78 is 0. The lowest BCUT2D eigenvalue weighted by atomic mass is 9.85. The summed E-state index contributed by atoms with van der Waals surface area (Å²) in [5, 5.41) is 22.1. The Kier molecular flexibility index (Phi) is 18.8. The molecular formula is C48H71N9O9S. The second kappa shape index (κ2) is 24.0. The molecule has 67 heavy (non-hydrogen) atoms. The van der Waals surface area contributed by atoms with Crippen LogP contribution in [0.2, 0.25) is 0 Å². The molecule has 0 saturated carbocycles. The van der Waals surface area contributed by atoms with Crippen LogP contribution in [0.3, 0.4) is 0 Å². The van der Waals surface area contributed by atoms with Crippen molar-refractivity contribution < 1.29 is 43.5 Å². The summed E-state index contributed by atoms with van der Waals surface area (Å²) in [5.41, 5.74) is 9.39. The third kappa shape index (κ3) is 14.5.